The molecule has 0 heterocycles. The molecule has 0 unspecified atom stereocenters. The summed E-state index contributed by atoms with van der Waals surface area (Å²) in [6.45, 7) is 2.49. The molecule has 1 amide bonds. The van der Waals surface area contributed by atoms with Gasteiger partial charge in [-0.3, -0.25) is 9.59 Å². The number of hydrogen-bond acceptors (Lipinski definition) is 3. The van der Waals surface area contributed by atoms with Crippen LogP contribution in [0.15, 0.2) is 24.3 Å². The third-order valence-electron chi connectivity index (χ3n) is 2.65. The van der Waals surface area contributed by atoms with E-state index in [4.69, 9.17) is 16.3 Å². The number of esters is 1. The first-order valence-corrected chi connectivity index (χ1v) is 6.54. The second-order valence-corrected chi connectivity index (χ2v) is 4.61. The van der Waals surface area contributed by atoms with E-state index in [9.17, 15) is 9.59 Å². The molecule has 5 heteroatoms. The highest BCUT2D eigenvalue weighted by Crippen LogP contribution is 2.10. The van der Waals surface area contributed by atoms with Gasteiger partial charge in [0.1, 0.15) is 0 Å². The molecular weight excluding hydrogens is 266 g/mol. The lowest BCUT2D eigenvalue weighted by atomic mass is 10.1. The van der Waals surface area contributed by atoms with E-state index in [0.29, 0.717) is 24.6 Å². The van der Waals surface area contributed by atoms with Gasteiger partial charge in [-0.1, -0.05) is 23.7 Å². The van der Waals surface area contributed by atoms with Gasteiger partial charge in [0.05, 0.1) is 19.4 Å². The molecule has 1 rings (SSSR count). The van der Waals surface area contributed by atoms with Crippen LogP contribution < -0.4 is 0 Å². The first-order chi connectivity index (χ1) is 9.02. The molecule has 0 N–H and O–H groups in total. The number of likely N-dealkylation sites (N-methyl/N-ethyl adjacent to an activating group) is 1. The Morgan fingerprint density at radius 2 is 1.89 bits per heavy atom. The molecule has 0 radical (unpaired) electrons. The number of carbonyl (C=O) groups is 2. The molecular formula is C14H18ClNO3. The van der Waals surface area contributed by atoms with E-state index in [1.807, 2.05) is 12.1 Å². The lowest BCUT2D eigenvalue weighted by molar-refractivity contribution is -0.143. The molecule has 1 aromatic carbocycles. The molecule has 0 aliphatic rings. The number of amides is 1. The minimum absolute atomic E-state index is 0.0355. The van der Waals surface area contributed by atoms with Crippen LogP contribution >= 0.6 is 11.6 Å². The van der Waals surface area contributed by atoms with Gasteiger partial charge >= 0.3 is 5.97 Å². The van der Waals surface area contributed by atoms with Crippen molar-refractivity contribution in [3.63, 3.8) is 0 Å². The van der Waals surface area contributed by atoms with Gasteiger partial charge in [0.15, 0.2) is 0 Å². The Bertz CT molecular complexity index is 431. The van der Waals surface area contributed by atoms with Gasteiger partial charge in [0, 0.05) is 18.6 Å². The van der Waals surface area contributed by atoms with Crippen LogP contribution in [-0.4, -0.2) is 37.0 Å². The fourth-order valence-electron chi connectivity index (χ4n) is 1.53. The number of hydrogen-bond donors (Lipinski definition) is 0. The molecule has 0 spiro atoms. The number of halogens is 1. The Balaban J connectivity index is 2.40. The third kappa shape index (κ3) is 5.75. The molecule has 1 aromatic rings. The fourth-order valence-corrected chi connectivity index (χ4v) is 1.65. The Morgan fingerprint density at radius 3 is 2.47 bits per heavy atom. The van der Waals surface area contributed by atoms with Gasteiger partial charge in [-0.15, -0.1) is 0 Å². The van der Waals surface area contributed by atoms with Crippen molar-refractivity contribution in [1.82, 2.24) is 4.90 Å². The van der Waals surface area contributed by atoms with Crippen LogP contribution in [-0.2, 0) is 20.7 Å². The van der Waals surface area contributed by atoms with Gasteiger partial charge in [-0.05, 0) is 24.6 Å². The van der Waals surface area contributed by atoms with Crippen LogP contribution in [0.25, 0.3) is 0 Å². The van der Waals surface area contributed by atoms with Crippen LogP contribution in [0.1, 0.15) is 18.9 Å². The van der Waals surface area contributed by atoms with Crippen molar-refractivity contribution in [3.8, 4) is 0 Å². The second-order valence-electron chi connectivity index (χ2n) is 4.17. The van der Waals surface area contributed by atoms with E-state index in [-0.39, 0.29) is 18.3 Å². The highest BCUT2D eigenvalue weighted by atomic mass is 35.5. The normalized spacial score (nSPS) is 10.1. The summed E-state index contributed by atoms with van der Waals surface area (Å²) in [7, 11) is 1.68. The zero-order valence-corrected chi connectivity index (χ0v) is 11.9. The fraction of sp³-hybridized carbons (Fsp3) is 0.429. The monoisotopic (exact) mass is 283 g/mol. The number of nitrogens with zero attached hydrogens (tertiary/aromatic N) is 1. The van der Waals surface area contributed by atoms with Crippen LogP contribution in [0.4, 0.5) is 0 Å². The molecule has 4 nitrogen and oxygen atoms in total. The third-order valence-corrected chi connectivity index (χ3v) is 2.90. The van der Waals surface area contributed by atoms with Crippen molar-refractivity contribution >= 4 is 23.5 Å². The highest BCUT2D eigenvalue weighted by Gasteiger charge is 2.11. The number of ether oxygens (including phenoxy) is 1. The second kappa shape index (κ2) is 7.79. The molecule has 0 atom stereocenters. The SMILES string of the molecule is CCOC(=O)CCN(C)C(=O)Cc1ccc(Cl)cc1. The summed E-state index contributed by atoms with van der Waals surface area (Å²) in [6.07, 6.45) is 0.521. The zero-order chi connectivity index (χ0) is 14.3. The molecule has 19 heavy (non-hydrogen) atoms. The maximum absolute atomic E-state index is 11.9. The van der Waals surface area contributed by atoms with E-state index < -0.39 is 0 Å². The predicted octanol–water partition coefficient (Wildman–Crippen LogP) is 2.29. The standard InChI is InChI=1S/C14H18ClNO3/c1-3-19-14(18)8-9-16(2)13(17)10-11-4-6-12(15)7-5-11/h4-7H,3,8-10H2,1-2H3. The summed E-state index contributed by atoms with van der Waals surface area (Å²) in [6, 6.07) is 7.14. The van der Waals surface area contributed by atoms with E-state index in [1.165, 1.54) is 4.90 Å². The lowest BCUT2D eigenvalue weighted by Crippen LogP contribution is -2.30. The van der Waals surface area contributed by atoms with E-state index in [2.05, 4.69) is 0 Å². The van der Waals surface area contributed by atoms with Crippen LogP contribution in [0, 0.1) is 0 Å². The van der Waals surface area contributed by atoms with Crippen molar-refractivity contribution in [2.75, 3.05) is 20.2 Å². The molecule has 0 bridgehead atoms. The van der Waals surface area contributed by atoms with E-state index >= 15 is 0 Å². The summed E-state index contributed by atoms with van der Waals surface area (Å²) in [5, 5.41) is 0.645. The summed E-state index contributed by atoms with van der Waals surface area (Å²) >= 11 is 5.78. The average molecular weight is 284 g/mol. The quantitative estimate of drug-likeness (QED) is 0.753. The van der Waals surface area contributed by atoms with Crippen molar-refractivity contribution in [3.05, 3.63) is 34.9 Å². The predicted molar refractivity (Wildman–Crippen MR) is 74.0 cm³/mol. The summed E-state index contributed by atoms with van der Waals surface area (Å²) in [4.78, 5) is 24.6. The largest absolute Gasteiger partial charge is 0.466 e. The number of carbonyl (C=O) groups excluding carboxylic acids is 2. The minimum atomic E-state index is -0.284. The van der Waals surface area contributed by atoms with Crippen molar-refractivity contribution < 1.29 is 14.3 Å². The summed E-state index contributed by atoms with van der Waals surface area (Å²) in [5.41, 5.74) is 0.900. The first-order valence-electron chi connectivity index (χ1n) is 6.17. The smallest absolute Gasteiger partial charge is 0.307 e. The maximum Gasteiger partial charge on any atom is 0.307 e. The van der Waals surface area contributed by atoms with Crippen LogP contribution in [0.2, 0.25) is 5.02 Å². The van der Waals surface area contributed by atoms with E-state index in [0.717, 1.165) is 5.56 Å². The molecule has 0 aromatic heterocycles. The lowest BCUT2D eigenvalue weighted by Gasteiger charge is -2.16. The van der Waals surface area contributed by atoms with Gasteiger partial charge in [-0.25, -0.2) is 0 Å². The number of rotatable bonds is 6. The summed E-state index contributed by atoms with van der Waals surface area (Å²) < 4.78 is 4.81. The summed E-state index contributed by atoms with van der Waals surface area (Å²) in [5.74, 6) is -0.319. The Hall–Kier alpha value is -1.55. The van der Waals surface area contributed by atoms with Crippen molar-refractivity contribution in [2.24, 2.45) is 0 Å². The van der Waals surface area contributed by atoms with Gasteiger partial charge in [0.25, 0.3) is 0 Å². The zero-order valence-electron chi connectivity index (χ0n) is 11.2. The molecule has 0 saturated carbocycles. The van der Waals surface area contributed by atoms with Crippen LogP contribution in [0.5, 0.6) is 0 Å². The van der Waals surface area contributed by atoms with Gasteiger partial charge in [-0.2, -0.15) is 0 Å². The molecule has 104 valence electrons. The van der Waals surface area contributed by atoms with Crippen LogP contribution in [0.3, 0.4) is 0 Å². The van der Waals surface area contributed by atoms with Crippen molar-refractivity contribution in [2.45, 2.75) is 19.8 Å². The molecule has 0 fully saturated rings. The van der Waals surface area contributed by atoms with E-state index in [1.54, 1.807) is 26.1 Å². The topological polar surface area (TPSA) is 46.6 Å². The Morgan fingerprint density at radius 1 is 1.26 bits per heavy atom. The Kier molecular flexibility index (Phi) is 6.36. The minimum Gasteiger partial charge on any atom is -0.466 e. The molecule has 0 saturated heterocycles. The average Bonchev–Trinajstić information content (AvgIpc) is 2.39. The first kappa shape index (κ1) is 15.5. The Labute approximate surface area is 118 Å². The maximum atomic E-state index is 11.9. The molecule has 0 aliphatic carbocycles. The highest BCUT2D eigenvalue weighted by molar-refractivity contribution is 6.30. The number of benzene rings is 1. The van der Waals surface area contributed by atoms with Gasteiger partial charge < -0.3 is 9.64 Å². The molecule has 0 aliphatic heterocycles. The van der Waals surface area contributed by atoms with Gasteiger partial charge in [0.2, 0.25) is 5.91 Å². The van der Waals surface area contributed by atoms with Crippen molar-refractivity contribution in [1.29, 1.82) is 0 Å².